The molecule has 2 aliphatic heterocycles. The van der Waals surface area contributed by atoms with E-state index in [0.717, 1.165) is 5.75 Å². The molecule has 2 amide bonds. The van der Waals surface area contributed by atoms with Crippen molar-refractivity contribution in [3.05, 3.63) is 53.8 Å². The Bertz CT molecular complexity index is 1010. The minimum absolute atomic E-state index is 0.0703. The van der Waals surface area contributed by atoms with Crippen LogP contribution in [0.15, 0.2) is 42.5 Å². The molecule has 2 N–H and O–H groups in total. The van der Waals surface area contributed by atoms with Gasteiger partial charge < -0.3 is 24.8 Å². The van der Waals surface area contributed by atoms with Gasteiger partial charge in [0.1, 0.15) is 24.3 Å². The van der Waals surface area contributed by atoms with Crippen molar-refractivity contribution in [2.75, 3.05) is 20.3 Å². The molecule has 0 aliphatic carbocycles. The summed E-state index contributed by atoms with van der Waals surface area (Å²) >= 11 is 0. The van der Waals surface area contributed by atoms with Crippen LogP contribution in [0.3, 0.4) is 0 Å². The standard InChI is InChI=1S/C25H29FN2O5/c1-31-18-7-6-17(20(26)14-18)15-25(12-9-24(30)28-25)11-8-23(29)27-13-10-19-16-32-21-4-2-3-5-22(21)33-19/h2-7,14,19H,8-13,15-16H2,1H3,(H,27,29)(H,28,30)/t19-,25-/m1/s1. The molecule has 2 aromatic carbocycles. The van der Waals surface area contributed by atoms with E-state index in [1.54, 1.807) is 12.1 Å². The van der Waals surface area contributed by atoms with Gasteiger partial charge in [-0.05, 0) is 43.0 Å². The van der Waals surface area contributed by atoms with Crippen molar-refractivity contribution in [1.29, 1.82) is 0 Å². The Hall–Kier alpha value is -3.29. The first-order chi connectivity index (χ1) is 16.0. The molecule has 33 heavy (non-hydrogen) atoms. The molecule has 176 valence electrons. The van der Waals surface area contributed by atoms with Crippen LogP contribution in [0.2, 0.25) is 0 Å². The molecule has 0 spiro atoms. The second-order valence-electron chi connectivity index (χ2n) is 8.60. The Balaban J connectivity index is 1.27. The minimum Gasteiger partial charge on any atom is -0.497 e. The van der Waals surface area contributed by atoms with Crippen LogP contribution in [0.1, 0.15) is 37.7 Å². The van der Waals surface area contributed by atoms with E-state index < -0.39 is 5.54 Å². The van der Waals surface area contributed by atoms with Crippen molar-refractivity contribution in [3.8, 4) is 17.2 Å². The van der Waals surface area contributed by atoms with Gasteiger partial charge in [0, 0.05) is 37.4 Å². The highest BCUT2D eigenvalue weighted by molar-refractivity contribution is 5.80. The predicted octanol–water partition coefficient (Wildman–Crippen LogP) is 3.15. The Morgan fingerprint density at radius 3 is 2.82 bits per heavy atom. The predicted molar refractivity (Wildman–Crippen MR) is 120 cm³/mol. The van der Waals surface area contributed by atoms with E-state index in [4.69, 9.17) is 14.2 Å². The smallest absolute Gasteiger partial charge is 0.220 e. The quantitative estimate of drug-likeness (QED) is 0.606. The van der Waals surface area contributed by atoms with Crippen LogP contribution in [-0.2, 0) is 16.0 Å². The molecule has 0 radical (unpaired) electrons. The molecular formula is C25H29FN2O5. The lowest BCUT2D eigenvalue weighted by Crippen LogP contribution is -2.45. The van der Waals surface area contributed by atoms with Gasteiger partial charge >= 0.3 is 0 Å². The lowest BCUT2D eigenvalue weighted by Gasteiger charge is -2.29. The normalized spacial score (nSPS) is 21.4. The maximum atomic E-state index is 14.5. The molecular weight excluding hydrogens is 427 g/mol. The van der Waals surface area contributed by atoms with Crippen LogP contribution in [0.4, 0.5) is 4.39 Å². The Morgan fingerprint density at radius 1 is 1.27 bits per heavy atom. The monoisotopic (exact) mass is 456 g/mol. The highest BCUT2D eigenvalue weighted by atomic mass is 19.1. The average Bonchev–Trinajstić information content (AvgIpc) is 3.19. The van der Waals surface area contributed by atoms with Crippen molar-refractivity contribution in [1.82, 2.24) is 10.6 Å². The minimum atomic E-state index is -0.631. The number of nitrogens with one attached hydrogen (secondary N) is 2. The fourth-order valence-electron chi connectivity index (χ4n) is 4.36. The van der Waals surface area contributed by atoms with Gasteiger partial charge in [-0.15, -0.1) is 0 Å². The molecule has 4 rings (SSSR count). The van der Waals surface area contributed by atoms with E-state index in [1.165, 1.54) is 13.2 Å². The van der Waals surface area contributed by atoms with E-state index in [2.05, 4.69) is 10.6 Å². The molecule has 7 nitrogen and oxygen atoms in total. The maximum Gasteiger partial charge on any atom is 0.220 e. The summed E-state index contributed by atoms with van der Waals surface area (Å²) in [6, 6.07) is 12.2. The number of methoxy groups -OCH3 is 1. The first-order valence-electron chi connectivity index (χ1n) is 11.2. The SMILES string of the molecule is COc1ccc(C[C@@]2(CCC(=O)NCC[C@@H]3COc4ccccc4O3)CCC(=O)N2)c(F)c1. The number of benzene rings is 2. The largest absolute Gasteiger partial charge is 0.497 e. The van der Waals surface area contributed by atoms with E-state index in [1.807, 2.05) is 24.3 Å². The number of carbonyl (C=O) groups is 2. The number of amides is 2. The summed E-state index contributed by atoms with van der Waals surface area (Å²) < 4.78 is 31.2. The molecule has 1 saturated heterocycles. The first kappa shape index (κ1) is 22.9. The van der Waals surface area contributed by atoms with Crippen LogP contribution >= 0.6 is 0 Å². The third-order valence-electron chi connectivity index (χ3n) is 6.21. The second kappa shape index (κ2) is 10.1. The molecule has 0 bridgehead atoms. The van der Waals surface area contributed by atoms with Gasteiger partial charge in [0.2, 0.25) is 11.8 Å². The summed E-state index contributed by atoms with van der Waals surface area (Å²) in [6.07, 6.45) is 2.44. The van der Waals surface area contributed by atoms with E-state index in [0.29, 0.717) is 62.3 Å². The topological polar surface area (TPSA) is 85.9 Å². The highest BCUT2D eigenvalue weighted by Gasteiger charge is 2.38. The average molecular weight is 457 g/mol. The van der Waals surface area contributed by atoms with Crippen molar-refractivity contribution in [3.63, 3.8) is 0 Å². The number of carbonyl (C=O) groups excluding carboxylic acids is 2. The van der Waals surface area contributed by atoms with Gasteiger partial charge in [0.15, 0.2) is 11.5 Å². The molecule has 8 heteroatoms. The van der Waals surface area contributed by atoms with Gasteiger partial charge in [-0.25, -0.2) is 4.39 Å². The van der Waals surface area contributed by atoms with Crippen molar-refractivity contribution in [2.45, 2.75) is 50.2 Å². The Morgan fingerprint density at radius 2 is 2.09 bits per heavy atom. The number of hydrogen-bond donors (Lipinski definition) is 2. The third-order valence-corrected chi connectivity index (χ3v) is 6.21. The van der Waals surface area contributed by atoms with E-state index in [-0.39, 0.29) is 30.2 Å². The molecule has 0 saturated carbocycles. The molecule has 0 unspecified atom stereocenters. The summed E-state index contributed by atoms with van der Waals surface area (Å²) in [6.45, 7) is 0.900. The third kappa shape index (κ3) is 5.74. The summed E-state index contributed by atoms with van der Waals surface area (Å²) in [5, 5.41) is 5.91. The van der Waals surface area contributed by atoms with Gasteiger partial charge in [-0.1, -0.05) is 18.2 Å². The summed E-state index contributed by atoms with van der Waals surface area (Å²) in [7, 11) is 1.48. The number of halogens is 1. The maximum absolute atomic E-state index is 14.5. The first-order valence-corrected chi connectivity index (χ1v) is 11.2. The fourth-order valence-corrected chi connectivity index (χ4v) is 4.36. The number of rotatable bonds is 9. The lowest BCUT2D eigenvalue weighted by atomic mass is 9.84. The van der Waals surface area contributed by atoms with Gasteiger partial charge in [-0.2, -0.15) is 0 Å². The summed E-state index contributed by atoms with van der Waals surface area (Å²) in [5.74, 6) is 1.33. The molecule has 1 fully saturated rings. The van der Waals surface area contributed by atoms with Gasteiger partial charge in [-0.3, -0.25) is 9.59 Å². The van der Waals surface area contributed by atoms with Crippen molar-refractivity contribution in [2.24, 2.45) is 0 Å². The molecule has 2 heterocycles. The Kier molecular flexibility index (Phi) is 7.01. The fraction of sp³-hybridized carbons (Fsp3) is 0.440. The van der Waals surface area contributed by atoms with E-state index >= 15 is 0 Å². The Labute approximate surface area is 192 Å². The molecule has 2 aromatic rings. The zero-order valence-electron chi connectivity index (χ0n) is 18.7. The van der Waals surface area contributed by atoms with E-state index in [9.17, 15) is 14.0 Å². The number of ether oxygens (including phenoxy) is 3. The van der Waals surface area contributed by atoms with Crippen LogP contribution in [0.25, 0.3) is 0 Å². The molecule has 2 atom stereocenters. The van der Waals surface area contributed by atoms with Crippen LogP contribution < -0.4 is 24.8 Å². The highest BCUT2D eigenvalue weighted by Crippen LogP contribution is 2.32. The van der Waals surface area contributed by atoms with Crippen molar-refractivity contribution >= 4 is 11.8 Å². The number of hydrogen-bond acceptors (Lipinski definition) is 5. The van der Waals surface area contributed by atoms with Crippen molar-refractivity contribution < 1.29 is 28.2 Å². The van der Waals surface area contributed by atoms with Gasteiger partial charge in [0.25, 0.3) is 0 Å². The number of para-hydroxylation sites is 2. The second-order valence-corrected chi connectivity index (χ2v) is 8.60. The lowest BCUT2D eigenvalue weighted by molar-refractivity contribution is -0.122. The van der Waals surface area contributed by atoms with Crippen LogP contribution in [0.5, 0.6) is 17.2 Å². The molecule has 0 aromatic heterocycles. The van der Waals surface area contributed by atoms with Crippen LogP contribution in [-0.4, -0.2) is 43.7 Å². The zero-order valence-corrected chi connectivity index (χ0v) is 18.7. The van der Waals surface area contributed by atoms with Crippen LogP contribution in [0, 0.1) is 5.82 Å². The zero-order chi connectivity index (χ0) is 23.3. The summed E-state index contributed by atoms with van der Waals surface area (Å²) in [4.78, 5) is 24.4. The van der Waals surface area contributed by atoms with Gasteiger partial charge in [0.05, 0.1) is 7.11 Å². The summed E-state index contributed by atoms with van der Waals surface area (Å²) in [5.41, 5.74) is -0.137. The molecule has 2 aliphatic rings. The number of fused-ring (bicyclic) bond motifs is 1.